The summed E-state index contributed by atoms with van der Waals surface area (Å²) in [6.07, 6.45) is 7.51. The summed E-state index contributed by atoms with van der Waals surface area (Å²) >= 11 is 0. The molecule has 0 spiro atoms. The summed E-state index contributed by atoms with van der Waals surface area (Å²) in [4.78, 5) is 12.4. The van der Waals surface area contributed by atoms with Gasteiger partial charge in [-0.05, 0) is 24.7 Å². The molecule has 2 nitrogen and oxygen atoms in total. The highest BCUT2D eigenvalue weighted by atomic mass is 16.1. The predicted octanol–water partition coefficient (Wildman–Crippen LogP) is 2.68. The van der Waals surface area contributed by atoms with Crippen LogP contribution in [0.5, 0.6) is 0 Å². The molecule has 0 aromatic carbocycles. The van der Waals surface area contributed by atoms with Gasteiger partial charge in [0.25, 0.3) is 0 Å². The molecule has 0 aliphatic carbocycles. The molecule has 0 atom stereocenters. The fourth-order valence-electron chi connectivity index (χ4n) is 2.16. The summed E-state index contributed by atoms with van der Waals surface area (Å²) in [6.45, 7) is 6.54. The molecular weight excluding hydrogens is 174 g/mol. The lowest BCUT2D eigenvalue weighted by Crippen LogP contribution is -2.32. The zero-order valence-electron chi connectivity index (χ0n) is 9.54. The average molecular weight is 197 g/mol. The molecular formula is C12H23NO. The van der Waals surface area contributed by atoms with Crippen molar-refractivity contribution in [3.05, 3.63) is 0 Å². The molecule has 0 radical (unpaired) electrons. The van der Waals surface area contributed by atoms with Crippen LogP contribution >= 0.6 is 0 Å². The molecule has 0 N–H and O–H groups in total. The highest BCUT2D eigenvalue weighted by Gasteiger charge is 2.17. The van der Waals surface area contributed by atoms with Crippen molar-refractivity contribution in [1.82, 2.24) is 4.90 Å². The number of amides is 1. The number of rotatable bonds is 5. The number of carbonyl (C=O) groups is 1. The van der Waals surface area contributed by atoms with Gasteiger partial charge in [-0.15, -0.1) is 0 Å². The Labute approximate surface area is 87.7 Å². The van der Waals surface area contributed by atoms with Gasteiger partial charge < -0.3 is 4.90 Å². The van der Waals surface area contributed by atoms with Crippen LogP contribution in [0.2, 0.25) is 0 Å². The van der Waals surface area contributed by atoms with Gasteiger partial charge in [0, 0.05) is 13.1 Å². The average Bonchev–Trinajstić information content (AvgIpc) is 2.18. The molecule has 0 saturated carbocycles. The van der Waals surface area contributed by atoms with E-state index in [0.717, 1.165) is 31.3 Å². The Morgan fingerprint density at radius 2 is 2.00 bits per heavy atom. The Kier molecular flexibility index (Phi) is 4.99. The maximum atomic E-state index is 10.5. The number of carbonyl (C=O) groups excluding carboxylic acids is 1. The molecule has 1 rings (SSSR count). The zero-order valence-corrected chi connectivity index (χ0v) is 9.54. The van der Waals surface area contributed by atoms with E-state index in [9.17, 15) is 4.79 Å². The Morgan fingerprint density at radius 3 is 2.50 bits per heavy atom. The van der Waals surface area contributed by atoms with Crippen molar-refractivity contribution in [2.45, 2.75) is 46.0 Å². The molecule has 0 aromatic rings. The van der Waals surface area contributed by atoms with E-state index in [0.29, 0.717) is 0 Å². The molecule has 1 saturated heterocycles. The molecule has 0 bridgehead atoms. The van der Waals surface area contributed by atoms with Crippen molar-refractivity contribution in [2.75, 3.05) is 13.1 Å². The normalized spacial score (nSPS) is 18.9. The Hall–Kier alpha value is -0.530. The van der Waals surface area contributed by atoms with Crippen molar-refractivity contribution < 1.29 is 4.79 Å². The van der Waals surface area contributed by atoms with E-state index in [2.05, 4.69) is 13.8 Å². The molecule has 0 aromatic heterocycles. The van der Waals surface area contributed by atoms with Gasteiger partial charge in [-0.25, -0.2) is 0 Å². The third kappa shape index (κ3) is 4.12. The van der Waals surface area contributed by atoms with Crippen molar-refractivity contribution in [3.63, 3.8) is 0 Å². The monoisotopic (exact) mass is 197 g/mol. The third-order valence-corrected chi connectivity index (χ3v) is 3.19. The van der Waals surface area contributed by atoms with E-state index in [1.165, 1.54) is 32.1 Å². The van der Waals surface area contributed by atoms with Gasteiger partial charge in [0.2, 0.25) is 6.41 Å². The first-order chi connectivity index (χ1) is 6.72. The van der Waals surface area contributed by atoms with Crippen molar-refractivity contribution in [2.24, 2.45) is 11.8 Å². The van der Waals surface area contributed by atoms with Crippen LogP contribution in [0.4, 0.5) is 0 Å². The lowest BCUT2D eigenvalue weighted by atomic mass is 9.90. The first-order valence-corrected chi connectivity index (χ1v) is 5.91. The van der Waals surface area contributed by atoms with E-state index in [1.807, 2.05) is 4.90 Å². The van der Waals surface area contributed by atoms with E-state index in [-0.39, 0.29) is 0 Å². The van der Waals surface area contributed by atoms with Crippen molar-refractivity contribution >= 4 is 6.41 Å². The van der Waals surface area contributed by atoms with Gasteiger partial charge >= 0.3 is 0 Å². The van der Waals surface area contributed by atoms with Crippen LogP contribution in [-0.2, 0) is 4.79 Å². The standard InChI is InChI=1S/C12H23NO/c1-11(2)4-3-5-12-6-8-13(10-14)9-7-12/h10-12H,3-9H2,1-2H3. The largest absolute Gasteiger partial charge is 0.345 e. The molecule has 1 aliphatic heterocycles. The topological polar surface area (TPSA) is 20.3 Å². The second kappa shape index (κ2) is 6.05. The number of nitrogens with zero attached hydrogens (tertiary/aromatic N) is 1. The van der Waals surface area contributed by atoms with Gasteiger partial charge in [-0.3, -0.25) is 4.79 Å². The van der Waals surface area contributed by atoms with Gasteiger partial charge in [-0.1, -0.05) is 33.1 Å². The molecule has 14 heavy (non-hydrogen) atoms. The second-order valence-electron chi connectivity index (χ2n) is 4.91. The van der Waals surface area contributed by atoms with Gasteiger partial charge in [0.1, 0.15) is 0 Å². The smallest absolute Gasteiger partial charge is 0.209 e. The summed E-state index contributed by atoms with van der Waals surface area (Å²) in [5, 5.41) is 0. The minimum atomic E-state index is 0.838. The number of piperidine rings is 1. The molecule has 1 amide bonds. The molecule has 82 valence electrons. The SMILES string of the molecule is CC(C)CCCC1CCN(C=O)CC1. The predicted molar refractivity (Wildman–Crippen MR) is 59.1 cm³/mol. The minimum Gasteiger partial charge on any atom is -0.345 e. The maximum absolute atomic E-state index is 10.5. The van der Waals surface area contributed by atoms with Gasteiger partial charge in [-0.2, -0.15) is 0 Å². The Morgan fingerprint density at radius 1 is 1.36 bits per heavy atom. The van der Waals surface area contributed by atoms with E-state index in [1.54, 1.807) is 0 Å². The molecule has 1 fully saturated rings. The van der Waals surface area contributed by atoms with Gasteiger partial charge in [0.15, 0.2) is 0 Å². The second-order valence-corrected chi connectivity index (χ2v) is 4.91. The lowest BCUT2D eigenvalue weighted by molar-refractivity contribution is -0.119. The summed E-state index contributed by atoms with van der Waals surface area (Å²) in [7, 11) is 0. The fraction of sp³-hybridized carbons (Fsp3) is 0.917. The van der Waals surface area contributed by atoms with E-state index < -0.39 is 0 Å². The van der Waals surface area contributed by atoms with Crippen molar-refractivity contribution in [1.29, 1.82) is 0 Å². The number of hydrogen-bond donors (Lipinski definition) is 0. The van der Waals surface area contributed by atoms with Crippen LogP contribution < -0.4 is 0 Å². The third-order valence-electron chi connectivity index (χ3n) is 3.19. The summed E-state index contributed by atoms with van der Waals surface area (Å²) in [5.41, 5.74) is 0. The van der Waals surface area contributed by atoms with Crippen LogP contribution in [0.25, 0.3) is 0 Å². The highest BCUT2D eigenvalue weighted by Crippen LogP contribution is 2.22. The summed E-state index contributed by atoms with van der Waals surface area (Å²) in [6, 6.07) is 0. The van der Waals surface area contributed by atoms with Crippen LogP contribution in [0, 0.1) is 11.8 Å². The number of likely N-dealkylation sites (tertiary alicyclic amines) is 1. The summed E-state index contributed by atoms with van der Waals surface area (Å²) in [5.74, 6) is 1.72. The van der Waals surface area contributed by atoms with Crippen LogP contribution in [0.15, 0.2) is 0 Å². The molecule has 2 heteroatoms. The fourth-order valence-corrected chi connectivity index (χ4v) is 2.16. The molecule has 0 unspecified atom stereocenters. The first-order valence-electron chi connectivity index (χ1n) is 5.91. The lowest BCUT2D eigenvalue weighted by Gasteiger charge is -2.29. The van der Waals surface area contributed by atoms with E-state index in [4.69, 9.17) is 0 Å². The number of hydrogen-bond acceptors (Lipinski definition) is 1. The van der Waals surface area contributed by atoms with E-state index >= 15 is 0 Å². The van der Waals surface area contributed by atoms with Crippen LogP contribution in [0.1, 0.15) is 46.0 Å². The maximum Gasteiger partial charge on any atom is 0.209 e. The van der Waals surface area contributed by atoms with Crippen molar-refractivity contribution in [3.8, 4) is 0 Å². The summed E-state index contributed by atoms with van der Waals surface area (Å²) < 4.78 is 0. The van der Waals surface area contributed by atoms with Gasteiger partial charge in [0.05, 0.1) is 0 Å². The zero-order chi connectivity index (χ0) is 10.4. The first kappa shape index (κ1) is 11.5. The van der Waals surface area contributed by atoms with Crippen LogP contribution in [-0.4, -0.2) is 24.4 Å². The van der Waals surface area contributed by atoms with Crippen LogP contribution in [0.3, 0.4) is 0 Å². The molecule has 1 aliphatic rings. The highest BCUT2D eigenvalue weighted by molar-refractivity contribution is 5.47. The Bertz CT molecular complexity index is 160. The minimum absolute atomic E-state index is 0.838. The molecule has 1 heterocycles. The quantitative estimate of drug-likeness (QED) is 0.620. The Balaban J connectivity index is 2.07.